The summed E-state index contributed by atoms with van der Waals surface area (Å²) in [5, 5.41) is 3.22. The molecule has 5 heteroatoms. The van der Waals surface area contributed by atoms with E-state index in [0.717, 1.165) is 51.9 Å². The molecule has 2 saturated carbocycles. The number of hydrogen-bond acceptors (Lipinski definition) is 2. The van der Waals surface area contributed by atoms with Crippen LogP contribution in [0, 0.1) is 23.2 Å². The van der Waals surface area contributed by atoms with Gasteiger partial charge in [-0.1, -0.05) is 33.1 Å². The Kier molecular flexibility index (Phi) is 4.45. The summed E-state index contributed by atoms with van der Waals surface area (Å²) in [5.74, 6) is 2.03. The molecule has 3 amide bonds. The van der Waals surface area contributed by atoms with E-state index in [-0.39, 0.29) is 18.0 Å². The van der Waals surface area contributed by atoms with Crippen molar-refractivity contribution in [2.45, 2.75) is 64.8 Å². The fourth-order valence-corrected chi connectivity index (χ4v) is 5.42. The summed E-state index contributed by atoms with van der Waals surface area (Å²) in [6, 6.07) is 0.341. The molecule has 0 radical (unpaired) electrons. The first-order valence-electron chi connectivity index (χ1n) is 10.3. The molecule has 0 aromatic rings. The van der Waals surface area contributed by atoms with E-state index in [9.17, 15) is 9.59 Å². The number of urea groups is 1. The minimum absolute atomic E-state index is 0.111. The van der Waals surface area contributed by atoms with Crippen LogP contribution in [0.5, 0.6) is 0 Å². The Hall–Kier alpha value is -1.26. The number of rotatable bonds is 2. The zero-order valence-corrected chi connectivity index (χ0v) is 15.8. The van der Waals surface area contributed by atoms with Gasteiger partial charge in [0, 0.05) is 38.1 Å². The van der Waals surface area contributed by atoms with Gasteiger partial charge in [-0.2, -0.15) is 0 Å². The highest BCUT2D eigenvalue weighted by molar-refractivity contribution is 5.79. The van der Waals surface area contributed by atoms with Crippen LogP contribution in [-0.4, -0.2) is 54.0 Å². The van der Waals surface area contributed by atoms with Crippen LogP contribution in [0.25, 0.3) is 0 Å². The van der Waals surface area contributed by atoms with Crippen LogP contribution >= 0.6 is 0 Å². The normalized spacial score (nSPS) is 32.4. The standard InChI is InChI=1S/C20H33N3O2/c1-20(2)16-12-23(13-17(16)20)19(25)21-15-8-10-22(11-9-15)18(24)14-6-4-3-5-7-14/h14-17H,3-13H2,1-2H3,(H,21,25). The van der Waals surface area contributed by atoms with Gasteiger partial charge in [-0.25, -0.2) is 4.79 Å². The largest absolute Gasteiger partial charge is 0.342 e. The van der Waals surface area contributed by atoms with Crippen molar-refractivity contribution in [3.63, 3.8) is 0 Å². The number of amides is 3. The lowest BCUT2D eigenvalue weighted by molar-refractivity contribution is -0.137. The Bertz CT molecular complexity index is 519. The number of likely N-dealkylation sites (tertiary alicyclic amines) is 2. The summed E-state index contributed by atoms with van der Waals surface area (Å²) in [4.78, 5) is 29.2. The second kappa shape index (κ2) is 6.48. The van der Waals surface area contributed by atoms with Crippen molar-refractivity contribution in [2.75, 3.05) is 26.2 Å². The zero-order valence-electron chi connectivity index (χ0n) is 15.8. The average Bonchev–Trinajstić information content (AvgIpc) is 2.99. The van der Waals surface area contributed by atoms with E-state index in [4.69, 9.17) is 0 Å². The van der Waals surface area contributed by atoms with Gasteiger partial charge in [-0.05, 0) is 42.9 Å². The van der Waals surface area contributed by atoms with E-state index in [1.165, 1.54) is 19.3 Å². The van der Waals surface area contributed by atoms with Gasteiger partial charge in [-0.3, -0.25) is 4.79 Å². The van der Waals surface area contributed by atoms with Gasteiger partial charge < -0.3 is 15.1 Å². The molecule has 0 spiro atoms. The lowest BCUT2D eigenvalue weighted by Gasteiger charge is -2.36. The molecule has 140 valence electrons. The summed E-state index contributed by atoms with van der Waals surface area (Å²) in [6.07, 6.45) is 7.64. The van der Waals surface area contributed by atoms with Crippen molar-refractivity contribution >= 4 is 11.9 Å². The van der Waals surface area contributed by atoms with Crippen LogP contribution in [0.3, 0.4) is 0 Å². The number of carbonyl (C=O) groups is 2. The summed E-state index contributed by atoms with van der Waals surface area (Å²) >= 11 is 0. The van der Waals surface area contributed by atoms with Crippen molar-refractivity contribution < 1.29 is 9.59 Å². The molecule has 4 rings (SSSR count). The summed E-state index contributed by atoms with van der Waals surface area (Å²) in [7, 11) is 0. The summed E-state index contributed by atoms with van der Waals surface area (Å²) < 4.78 is 0. The first-order valence-corrected chi connectivity index (χ1v) is 10.3. The second-order valence-corrected chi connectivity index (χ2v) is 9.32. The number of nitrogens with zero attached hydrogens (tertiary/aromatic N) is 2. The van der Waals surface area contributed by atoms with Crippen LogP contribution in [-0.2, 0) is 4.79 Å². The quantitative estimate of drug-likeness (QED) is 0.835. The fraction of sp³-hybridized carbons (Fsp3) is 0.900. The third-order valence-corrected chi connectivity index (χ3v) is 7.50. The molecule has 1 N–H and O–H groups in total. The Morgan fingerprint density at radius 3 is 2.08 bits per heavy atom. The highest BCUT2D eigenvalue weighted by Crippen LogP contribution is 2.61. The van der Waals surface area contributed by atoms with Crippen molar-refractivity contribution in [1.82, 2.24) is 15.1 Å². The molecular formula is C20H33N3O2. The number of hydrogen-bond donors (Lipinski definition) is 1. The lowest BCUT2D eigenvalue weighted by atomic mass is 9.87. The highest BCUT2D eigenvalue weighted by atomic mass is 16.2. The molecule has 2 heterocycles. The fourth-order valence-electron chi connectivity index (χ4n) is 5.42. The smallest absolute Gasteiger partial charge is 0.317 e. The highest BCUT2D eigenvalue weighted by Gasteiger charge is 2.62. The number of nitrogens with one attached hydrogen (secondary N) is 1. The number of piperidine rings is 2. The molecule has 2 atom stereocenters. The van der Waals surface area contributed by atoms with Crippen molar-refractivity contribution in [1.29, 1.82) is 0 Å². The molecule has 0 aromatic carbocycles. The van der Waals surface area contributed by atoms with Gasteiger partial charge >= 0.3 is 6.03 Å². The molecule has 2 saturated heterocycles. The topological polar surface area (TPSA) is 52.7 Å². The molecule has 0 aromatic heterocycles. The van der Waals surface area contributed by atoms with Crippen molar-refractivity contribution in [3.8, 4) is 0 Å². The maximum atomic E-state index is 12.6. The minimum Gasteiger partial charge on any atom is -0.342 e. The van der Waals surface area contributed by atoms with Crippen molar-refractivity contribution in [3.05, 3.63) is 0 Å². The Labute approximate surface area is 151 Å². The average molecular weight is 348 g/mol. The van der Waals surface area contributed by atoms with Gasteiger partial charge in [0.15, 0.2) is 0 Å². The third kappa shape index (κ3) is 3.26. The van der Waals surface area contributed by atoms with Crippen LogP contribution in [0.2, 0.25) is 0 Å². The maximum Gasteiger partial charge on any atom is 0.317 e. The Balaban J connectivity index is 1.20. The van der Waals surface area contributed by atoms with E-state index < -0.39 is 0 Å². The Morgan fingerprint density at radius 1 is 0.880 bits per heavy atom. The van der Waals surface area contributed by atoms with Crippen LogP contribution in [0.1, 0.15) is 58.8 Å². The predicted molar refractivity (Wildman–Crippen MR) is 97.0 cm³/mol. The third-order valence-electron chi connectivity index (χ3n) is 7.50. The van der Waals surface area contributed by atoms with Crippen molar-refractivity contribution in [2.24, 2.45) is 23.2 Å². The van der Waals surface area contributed by atoms with Crippen LogP contribution in [0.4, 0.5) is 4.79 Å². The van der Waals surface area contributed by atoms with Gasteiger partial charge in [0.2, 0.25) is 5.91 Å². The molecular weight excluding hydrogens is 314 g/mol. The summed E-state index contributed by atoms with van der Waals surface area (Å²) in [6.45, 7) is 8.08. The lowest BCUT2D eigenvalue weighted by Crippen LogP contribution is -2.51. The van der Waals surface area contributed by atoms with E-state index in [1.54, 1.807) is 0 Å². The van der Waals surface area contributed by atoms with Gasteiger partial charge in [-0.15, -0.1) is 0 Å². The molecule has 0 bridgehead atoms. The van der Waals surface area contributed by atoms with Gasteiger partial charge in [0.1, 0.15) is 0 Å². The van der Waals surface area contributed by atoms with Crippen LogP contribution < -0.4 is 5.32 Å². The first kappa shape index (κ1) is 17.2. The predicted octanol–water partition coefficient (Wildman–Crippen LogP) is 2.86. The molecule has 25 heavy (non-hydrogen) atoms. The SMILES string of the molecule is CC1(C)C2CN(C(=O)NC3CCN(C(=O)C4CCCCC4)CC3)CC21. The van der Waals surface area contributed by atoms with E-state index in [1.807, 2.05) is 9.80 Å². The van der Waals surface area contributed by atoms with Crippen LogP contribution in [0.15, 0.2) is 0 Å². The molecule has 4 fully saturated rings. The maximum absolute atomic E-state index is 12.6. The molecule has 4 aliphatic rings. The molecule has 2 unspecified atom stereocenters. The van der Waals surface area contributed by atoms with E-state index in [2.05, 4.69) is 19.2 Å². The second-order valence-electron chi connectivity index (χ2n) is 9.32. The zero-order chi connectivity index (χ0) is 17.6. The molecule has 5 nitrogen and oxygen atoms in total. The first-order chi connectivity index (χ1) is 12.0. The Morgan fingerprint density at radius 2 is 1.48 bits per heavy atom. The van der Waals surface area contributed by atoms with Gasteiger partial charge in [0.25, 0.3) is 0 Å². The number of carbonyl (C=O) groups excluding carboxylic acids is 2. The number of fused-ring (bicyclic) bond motifs is 1. The minimum atomic E-state index is 0.111. The monoisotopic (exact) mass is 347 g/mol. The van der Waals surface area contributed by atoms with E-state index >= 15 is 0 Å². The molecule has 2 aliphatic heterocycles. The van der Waals surface area contributed by atoms with E-state index in [0.29, 0.717) is 23.2 Å². The van der Waals surface area contributed by atoms with Gasteiger partial charge in [0.05, 0.1) is 0 Å². The molecule has 2 aliphatic carbocycles. The summed E-state index contributed by atoms with van der Waals surface area (Å²) in [5.41, 5.74) is 0.446.